The first-order valence-electron chi connectivity index (χ1n) is 3.29. The highest BCUT2D eigenvalue weighted by Crippen LogP contribution is 2.12. The van der Waals surface area contributed by atoms with E-state index in [1.807, 2.05) is 6.92 Å². The Bertz CT molecular complexity index is 78.2. The quantitative estimate of drug-likeness (QED) is 0.710. The molecule has 0 radical (unpaired) electrons. The molecule has 0 aromatic rings. The number of ether oxygens (including phenoxy) is 1. The van der Waals surface area contributed by atoms with Crippen LogP contribution in [0.4, 0.5) is 0 Å². The molecule has 10 heavy (non-hydrogen) atoms. The van der Waals surface area contributed by atoms with E-state index in [9.17, 15) is 0 Å². The molecule has 0 bridgehead atoms. The lowest BCUT2D eigenvalue weighted by molar-refractivity contribution is 0.0221. The second-order valence-corrected chi connectivity index (χ2v) is 3.58. The molecule has 0 fully saturated rings. The van der Waals surface area contributed by atoms with Crippen LogP contribution in [-0.2, 0) is 4.74 Å². The van der Waals surface area contributed by atoms with Crippen LogP contribution in [0, 0.1) is 5.41 Å². The number of hydrogen-bond acceptors (Lipinski definition) is 2. The Morgan fingerprint density at radius 3 is 1.90 bits per heavy atom. The van der Waals surface area contributed by atoms with Crippen LogP contribution in [0.25, 0.3) is 0 Å². The van der Waals surface area contributed by atoms with Gasteiger partial charge in [0.15, 0.2) is 0 Å². The van der Waals surface area contributed by atoms with E-state index in [1.54, 1.807) is 0 Å². The zero-order chi connectivity index (χ0) is 7.49. The summed E-state index contributed by atoms with van der Waals surface area (Å²) in [6, 6.07) is 0. The molecule has 0 heterocycles. The van der Waals surface area contributed by atoms with Crippen LogP contribution in [0.1, 0.15) is 27.7 Å². The maximum Gasteiger partial charge on any atom is 0.102 e. The SMILES string of the molecule is Br.CC(N)OCC(C)(C)C. The van der Waals surface area contributed by atoms with Crippen molar-refractivity contribution in [2.45, 2.75) is 33.9 Å². The van der Waals surface area contributed by atoms with E-state index in [0.29, 0.717) is 0 Å². The summed E-state index contributed by atoms with van der Waals surface area (Å²) in [6.45, 7) is 8.93. The first kappa shape index (κ1) is 13.0. The van der Waals surface area contributed by atoms with Crippen molar-refractivity contribution < 1.29 is 4.74 Å². The minimum atomic E-state index is -0.135. The van der Waals surface area contributed by atoms with Crippen molar-refractivity contribution in [3.05, 3.63) is 0 Å². The van der Waals surface area contributed by atoms with E-state index in [1.165, 1.54) is 0 Å². The summed E-state index contributed by atoms with van der Waals surface area (Å²) in [5, 5.41) is 0. The van der Waals surface area contributed by atoms with Gasteiger partial charge in [-0.15, -0.1) is 17.0 Å². The number of halogens is 1. The molecule has 2 N–H and O–H groups in total. The molecule has 0 aliphatic heterocycles. The average Bonchev–Trinajstić information content (AvgIpc) is 1.59. The maximum atomic E-state index is 5.38. The number of nitrogens with two attached hydrogens (primary N) is 1. The lowest BCUT2D eigenvalue weighted by Gasteiger charge is -2.19. The third kappa shape index (κ3) is 11.2. The lowest BCUT2D eigenvalue weighted by atomic mass is 9.99. The highest BCUT2D eigenvalue weighted by atomic mass is 79.9. The Kier molecular flexibility index (Phi) is 6.65. The summed E-state index contributed by atoms with van der Waals surface area (Å²) in [5.74, 6) is 0. The van der Waals surface area contributed by atoms with Crippen LogP contribution in [0.3, 0.4) is 0 Å². The van der Waals surface area contributed by atoms with Gasteiger partial charge in [-0.05, 0) is 12.3 Å². The van der Waals surface area contributed by atoms with Crippen LogP contribution >= 0.6 is 17.0 Å². The Labute approximate surface area is 73.9 Å². The predicted molar refractivity (Wildman–Crippen MR) is 49.4 cm³/mol. The molecular weight excluding hydrogens is 194 g/mol. The highest BCUT2D eigenvalue weighted by Gasteiger charge is 2.10. The van der Waals surface area contributed by atoms with Crippen molar-refractivity contribution in [2.24, 2.45) is 11.1 Å². The van der Waals surface area contributed by atoms with Crippen molar-refractivity contribution >= 4 is 17.0 Å². The largest absolute Gasteiger partial charge is 0.363 e. The van der Waals surface area contributed by atoms with Gasteiger partial charge in [-0.2, -0.15) is 0 Å². The fourth-order valence-electron chi connectivity index (χ4n) is 0.381. The van der Waals surface area contributed by atoms with Gasteiger partial charge in [0.2, 0.25) is 0 Å². The molecule has 1 unspecified atom stereocenters. The summed E-state index contributed by atoms with van der Waals surface area (Å²) in [6.07, 6.45) is -0.135. The van der Waals surface area contributed by atoms with Crippen LogP contribution < -0.4 is 5.73 Å². The third-order valence-corrected chi connectivity index (χ3v) is 0.779. The van der Waals surface area contributed by atoms with Crippen molar-refractivity contribution in [1.82, 2.24) is 0 Å². The monoisotopic (exact) mass is 211 g/mol. The molecule has 0 aliphatic carbocycles. The molecule has 0 spiro atoms. The van der Waals surface area contributed by atoms with Gasteiger partial charge in [0.1, 0.15) is 6.23 Å². The van der Waals surface area contributed by atoms with Crippen LogP contribution in [0.5, 0.6) is 0 Å². The molecule has 1 atom stereocenters. The molecule has 3 heteroatoms. The molecule has 0 aliphatic rings. The summed E-state index contributed by atoms with van der Waals surface area (Å²) >= 11 is 0. The van der Waals surface area contributed by atoms with Gasteiger partial charge in [-0.3, -0.25) is 0 Å². The van der Waals surface area contributed by atoms with Gasteiger partial charge in [0, 0.05) is 0 Å². The van der Waals surface area contributed by atoms with Gasteiger partial charge < -0.3 is 10.5 Å². The summed E-state index contributed by atoms with van der Waals surface area (Å²) in [5.41, 5.74) is 5.61. The van der Waals surface area contributed by atoms with Gasteiger partial charge in [-0.25, -0.2) is 0 Å². The fourth-order valence-corrected chi connectivity index (χ4v) is 0.381. The van der Waals surface area contributed by atoms with Crippen molar-refractivity contribution in [3.63, 3.8) is 0 Å². The second kappa shape index (κ2) is 5.10. The van der Waals surface area contributed by atoms with E-state index in [4.69, 9.17) is 10.5 Å². The topological polar surface area (TPSA) is 35.2 Å². The summed E-state index contributed by atoms with van der Waals surface area (Å²) in [4.78, 5) is 0. The van der Waals surface area contributed by atoms with Crippen molar-refractivity contribution in [2.75, 3.05) is 6.61 Å². The van der Waals surface area contributed by atoms with Crippen LogP contribution in [0.15, 0.2) is 0 Å². The predicted octanol–water partition coefficient (Wildman–Crippen LogP) is 1.93. The zero-order valence-corrected chi connectivity index (χ0v) is 8.89. The molecule has 0 saturated heterocycles. The molecule has 0 aromatic carbocycles. The molecule has 0 aromatic heterocycles. The van der Waals surface area contributed by atoms with E-state index in [2.05, 4.69) is 20.8 Å². The van der Waals surface area contributed by atoms with Crippen LogP contribution in [0.2, 0.25) is 0 Å². The van der Waals surface area contributed by atoms with E-state index in [0.717, 1.165) is 6.61 Å². The first-order chi connectivity index (χ1) is 3.92. The molecule has 0 rings (SSSR count). The first-order valence-corrected chi connectivity index (χ1v) is 3.29. The Morgan fingerprint density at radius 1 is 1.40 bits per heavy atom. The second-order valence-electron chi connectivity index (χ2n) is 3.58. The minimum absolute atomic E-state index is 0. The van der Waals surface area contributed by atoms with Gasteiger partial charge in [-0.1, -0.05) is 20.8 Å². The van der Waals surface area contributed by atoms with Gasteiger partial charge >= 0.3 is 0 Å². The Balaban J connectivity index is 0. The zero-order valence-electron chi connectivity index (χ0n) is 7.18. The lowest BCUT2D eigenvalue weighted by Crippen LogP contribution is -2.25. The van der Waals surface area contributed by atoms with E-state index < -0.39 is 0 Å². The summed E-state index contributed by atoms with van der Waals surface area (Å²) < 4.78 is 5.18. The minimum Gasteiger partial charge on any atom is -0.363 e. The fraction of sp³-hybridized carbons (Fsp3) is 1.00. The summed E-state index contributed by atoms with van der Waals surface area (Å²) in [7, 11) is 0. The van der Waals surface area contributed by atoms with E-state index >= 15 is 0 Å². The smallest absolute Gasteiger partial charge is 0.102 e. The Morgan fingerprint density at radius 2 is 1.80 bits per heavy atom. The average molecular weight is 212 g/mol. The van der Waals surface area contributed by atoms with Gasteiger partial charge in [0.25, 0.3) is 0 Å². The molecule has 0 amide bonds. The standard InChI is InChI=1S/C7H17NO.BrH/c1-6(8)9-5-7(2,3)4;/h6H,5,8H2,1-4H3;1H. The van der Waals surface area contributed by atoms with E-state index in [-0.39, 0.29) is 28.6 Å². The normalized spacial score (nSPS) is 14.1. The van der Waals surface area contributed by atoms with Crippen molar-refractivity contribution in [3.8, 4) is 0 Å². The maximum absolute atomic E-state index is 5.38. The number of hydrogen-bond donors (Lipinski definition) is 1. The molecule has 64 valence electrons. The number of rotatable bonds is 2. The third-order valence-electron chi connectivity index (χ3n) is 0.779. The molecule has 2 nitrogen and oxygen atoms in total. The van der Waals surface area contributed by atoms with Crippen LogP contribution in [-0.4, -0.2) is 12.8 Å². The molecule has 0 saturated carbocycles. The highest BCUT2D eigenvalue weighted by molar-refractivity contribution is 8.93. The van der Waals surface area contributed by atoms with Gasteiger partial charge in [0.05, 0.1) is 6.61 Å². The Hall–Kier alpha value is 0.400. The molecular formula is C7H18BrNO. The van der Waals surface area contributed by atoms with Crippen molar-refractivity contribution in [1.29, 1.82) is 0 Å².